The van der Waals surface area contributed by atoms with Crippen LogP contribution in [0.1, 0.15) is 92.9 Å². The Hall–Kier alpha value is -1.76. The second-order valence-electron chi connectivity index (χ2n) is 9.69. The normalized spacial score (nSPS) is 20.7. The first-order chi connectivity index (χ1) is 16.1. The van der Waals surface area contributed by atoms with Gasteiger partial charge in [-0.05, 0) is 53.9 Å². The fraction of sp³-hybridized carbons (Fsp3) is 0.419. The van der Waals surface area contributed by atoms with Crippen molar-refractivity contribution in [1.82, 2.24) is 0 Å². The summed E-state index contributed by atoms with van der Waals surface area (Å²) in [5, 5.41) is 0.693. The molecule has 1 aliphatic rings. The zero-order valence-electron chi connectivity index (χ0n) is 19.8. The van der Waals surface area contributed by atoms with Crippen molar-refractivity contribution in [2.75, 3.05) is 0 Å². The van der Waals surface area contributed by atoms with Crippen LogP contribution in [-0.4, -0.2) is 0 Å². The molecule has 0 saturated heterocycles. The van der Waals surface area contributed by atoms with Crippen molar-refractivity contribution in [2.24, 2.45) is 5.92 Å². The molecule has 3 atom stereocenters. The lowest BCUT2D eigenvalue weighted by atomic mass is 9.82. The summed E-state index contributed by atoms with van der Waals surface area (Å²) in [6.45, 7) is 2.30. The van der Waals surface area contributed by atoms with Gasteiger partial charge in [0, 0.05) is 10.6 Å². The average Bonchev–Trinajstić information content (AvgIpc) is 3.10. The molecule has 1 saturated carbocycles. The van der Waals surface area contributed by atoms with Gasteiger partial charge in [-0.3, -0.25) is 0 Å². The van der Waals surface area contributed by atoms with Gasteiger partial charge in [0.15, 0.2) is 0 Å². The summed E-state index contributed by atoms with van der Waals surface area (Å²) in [6.07, 6.45) is 12.3. The van der Waals surface area contributed by atoms with Crippen LogP contribution >= 0.6 is 23.2 Å². The molecule has 0 nitrogen and oxygen atoms in total. The smallest absolute Gasteiger partial charge is 0.103 e. The molecule has 0 aliphatic heterocycles. The standard InChI is InChI=1S/C31H36Cl2/c1-2-3-5-11-24-12-10-13-25(19-18-24)26-20-22-28(23-21-26)31(33,27-14-6-4-7-15-27)29-16-8-9-17-30(29)32/h4,6-9,14-17,20-25H,2-3,5,10-13,18-19H2,1H3/t24?,25-,31?/m1/s1. The molecule has 0 aromatic heterocycles. The van der Waals surface area contributed by atoms with Crippen LogP contribution in [0.3, 0.4) is 0 Å². The van der Waals surface area contributed by atoms with E-state index in [1.165, 1.54) is 63.4 Å². The molecule has 2 heteroatoms. The number of benzene rings is 3. The van der Waals surface area contributed by atoms with Crippen LogP contribution in [0.25, 0.3) is 0 Å². The van der Waals surface area contributed by atoms with E-state index in [0.717, 1.165) is 22.6 Å². The zero-order valence-corrected chi connectivity index (χ0v) is 21.3. The van der Waals surface area contributed by atoms with E-state index in [2.05, 4.69) is 43.3 Å². The van der Waals surface area contributed by atoms with Crippen LogP contribution in [0.2, 0.25) is 5.02 Å². The molecule has 1 aliphatic carbocycles. The Labute approximate surface area is 210 Å². The molecule has 0 heterocycles. The predicted molar refractivity (Wildman–Crippen MR) is 144 cm³/mol. The molecule has 1 fully saturated rings. The topological polar surface area (TPSA) is 0 Å². The average molecular weight is 480 g/mol. The summed E-state index contributed by atoms with van der Waals surface area (Å²) < 4.78 is 0. The monoisotopic (exact) mass is 478 g/mol. The van der Waals surface area contributed by atoms with Crippen molar-refractivity contribution in [2.45, 2.75) is 75.5 Å². The quantitative estimate of drug-likeness (QED) is 0.130. The molecule has 0 N–H and O–H groups in total. The van der Waals surface area contributed by atoms with Gasteiger partial charge in [0.25, 0.3) is 0 Å². The van der Waals surface area contributed by atoms with Crippen molar-refractivity contribution in [3.8, 4) is 0 Å². The van der Waals surface area contributed by atoms with Crippen molar-refractivity contribution >= 4 is 23.2 Å². The van der Waals surface area contributed by atoms with Gasteiger partial charge in [0.05, 0.1) is 0 Å². The van der Waals surface area contributed by atoms with Gasteiger partial charge in [0.1, 0.15) is 4.87 Å². The summed E-state index contributed by atoms with van der Waals surface area (Å²) in [5.41, 5.74) is 4.49. The van der Waals surface area contributed by atoms with Gasteiger partial charge in [0.2, 0.25) is 0 Å². The summed E-state index contributed by atoms with van der Waals surface area (Å²) in [4.78, 5) is -0.814. The third kappa shape index (κ3) is 5.67. The van der Waals surface area contributed by atoms with E-state index < -0.39 is 4.87 Å². The van der Waals surface area contributed by atoms with Gasteiger partial charge < -0.3 is 0 Å². The third-order valence-corrected chi connectivity index (χ3v) is 8.47. The summed E-state index contributed by atoms with van der Waals surface area (Å²) >= 11 is 14.1. The number of rotatable bonds is 8. The van der Waals surface area contributed by atoms with Crippen LogP contribution < -0.4 is 0 Å². The van der Waals surface area contributed by atoms with Gasteiger partial charge in [-0.25, -0.2) is 0 Å². The predicted octanol–water partition coefficient (Wildman–Crippen LogP) is 10.1. The van der Waals surface area contributed by atoms with E-state index in [9.17, 15) is 0 Å². The molecule has 2 unspecified atom stereocenters. The van der Waals surface area contributed by atoms with Gasteiger partial charge in [-0.1, -0.05) is 130 Å². The molecule has 0 radical (unpaired) electrons. The van der Waals surface area contributed by atoms with E-state index in [4.69, 9.17) is 23.2 Å². The highest BCUT2D eigenvalue weighted by Gasteiger charge is 2.35. The lowest BCUT2D eigenvalue weighted by Crippen LogP contribution is -2.23. The first-order valence-corrected chi connectivity index (χ1v) is 13.5. The number of unbranched alkanes of at least 4 members (excludes halogenated alkanes) is 2. The zero-order chi connectivity index (χ0) is 23.1. The molecule has 0 amide bonds. The van der Waals surface area contributed by atoms with E-state index >= 15 is 0 Å². The fourth-order valence-electron chi connectivity index (χ4n) is 5.55. The number of alkyl halides is 1. The van der Waals surface area contributed by atoms with Gasteiger partial charge in [-0.2, -0.15) is 0 Å². The maximum Gasteiger partial charge on any atom is 0.121 e. The Bertz CT molecular complexity index is 995. The first kappa shape index (κ1) is 24.4. The second kappa shape index (κ2) is 11.6. The highest BCUT2D eigenvalue weighted by molar-refractivity contribution is 6.34. The van der Waals surface area contributed by atoms with Crippen molar-refractivity contribution in [3.63, 3.8) is 0 Å². The second-order valence-corrected chi connectivity index (χ2v) is 10.7. The maximum absolute atomic E-state index is 7.48. The van der Waals surface area contributed by atoms with Crippen molar-refractivity contribution < 1.29 is 0 Å². The van der Waals surface area contributed by atoms with Crippen LogP contribution in [0, 0.1) is 5.92 Å². The van der Waals surface area contributed by atoms with E-state index in [1.54, 1.807) is 0 Å². The minimum Gasteiger partial charge on any atom is -0.103 e. The number of hydrogen-bond acceptors (Lipinski definition) is 0. The Morgan fingerprint density at radius 2 is 1.45 bits per heavy atom. The maximum atomic E-state index is 7.48. The largest absolute Gasteiger partial charge is 0.121 e. The van der Waals surface area contributed by atoms with Crippen molar-refractivity contribution in [3.05, 3.63) is 106 Å². The van der Waals surface area contributed by atoms with Crippen LogP contribution in [-0.2, 0) is 4.87 Å². The molecule has 4 rings (SSSR count). The van der Waals surface area contributed by atoms with Crippen molar-refractivity contribution in [1.29, 1.82) is 0 Å². The first-order valence-electron chi connectivity index (χ1n) is 12.7. The van der Waals surface area contributed by atoms with E-state index in [0.29, 0.717) is 10.9 Å². The Kier molecular flexibility index (Phi) is 8.55. The molecular weight excluding hydrogens is 443 g/mol. The summed E-state index contributed by atoms with van der Waals surface area (Å²) in [7, 11) is 0. The molecule has 3 aromatic carbocycles. The molecule has 33 heavy (non-hydrogen) atoms. The molecule has 3 aromatic rings. The molecule has 0 bridgehead atoms. The fourth-order valence-corrected chi connectivity index (χ4v) is 6.30. The third-order valence-electron chi connectivity index (χ3n) is 7.50. The van der Waals surface area contributed by atoms with Gasteiger partial charge >= 0.3 is 0 Å². The van der Waals surface area contributed by atoms with Crippen LogP contribution in [0.15, 0.2) is 78.9 Å². The van der Waals surface area contributed by atoms with E-state index in [-0.39, 0.29) is 0 Å². The highest BCUT2D eigenvalue weighted by Crippen LogP contribution is 2.46. The summed E-state index contributed by atoms with van der Waals surface area (Å²) in [5.74, 6) is 1.59. The minimum absolute atomic E-state index is 0.664. The lowest BCUT2D eigenvalue weighted by Gasteiger charge is -2.30. The molecule has 0 spiro atoms. The van der Waals surface area contributed by atoms with Crippen LogP contribution in [0.5, 0.6) is 0 Å². The molecule has 174 valence electrons. The lowest BCUT2D eigenvalue weighted by molar-refractivity contribution is 0.406. The highest BCUT2D eigenvalue weighted by atomic mass is 35.5. The minimum atomic E-state index is -0.814. The number of hydrogen-bond donors (Lipinski definition) is 0. The Morgan fingerprint density at radius 3 is 2.18 bits per heavy atom. The molecular formula is C31H36Cl2. The van der Waals surface area contributed by atoms with Gasteiger partial charge in [-0.15, -0.1) is 11.6 Å². The SMILES string of the molecule is CCCCCC1CCC[C@@H](c2ccc(C(Cl)(c3ccccc3)c3ccccc3Cl)cc2)CC1. The van der Waals surface area contributed by atoms with E-state index in [1.807, 2.05) is 42.5 Å². The summed E-state index contributed by atoms with van der Waals surface area (Å²) in [6, 6.07) is 27.3. The number of halogens is 2. The van der Waals surface area contributed by atoms with Crippen LogP contribution in [0.4, 0.5) is 0 Å². The Morgan fingerprint density at radius 1 is 0.758 bits per heavy atom. The Balaban J connectivity index is 1.57.